The summed E-state index contributed by atoms with van der Waals surface area (Å²) in [6, 6.07) is 2.05. The average Bonchev–Trinajstić information content (AvgIpc) is 2.77. The number of rotatable bonds is 2. The fourth-order valence-electron chi connectivity index (χ4n) is 2.17. The molecule has 1 aromatic rings. The summed E-state index contributed by atoms with van der Waals surface area (Å²) in [5.74, 6) is 0.281. The molecular formula is C12H17N3O. The second kappa shape index (κ2) is 4.60. The molecule has 1 aromatic heterocycles. The van der Waals surface area contributed by atoms with Crippen molar-refractivity contribution in [3.05, 3.63) is 24.3 Å². The summed E-state index contributed by atoms with van der Waals surface area (Å²) in [7, 11) is 0. The Balaban J connectivity index is 2.19. The molecule has 0 aromatic carbocycles. The minimum Gasteiger partial charge on any atom is -0.334 e. The van der Waals surface area contributed by atoms with Crippen molar-refractivity contribution in [1.29, 1.82) is 0 Å². The van der Waals surface area contributed by atoms with Gasteiger partial charge in [0.2, 0.25) is 5.91 Å². The molecular weight excluding hydrogens is 202 g/mol. The summed E-state index contributed by atoms with van der Waals surface area (Å²) < 4.78 is 0. The van der Waals surface area contributed by atoms with E-state index in [0.29, 0.717) is 0 Å². The molecule has 1 fully saturated rings. The first-order valence-electron chi connectivity index (χ1n) is 5.76. The monoisotopic (exact) mass is 219 g/mol. The van der Waals surface area contributed by atoms with Crippen LogP contribution in [-0.4, -0.2) is 27.3 Å². The number of hydrogen-bond acceptors (Lipinski definition) is 3. The highest BCUT2D eigenvalue weighted by Gasteiger charge is 2.31. The van der Waals surface area contributed by atoms with E-state index in [1.807, 2.05) is 24.8 Å². The van der Waals surface area contributed by atoms with Crippen molar-refractivity contribution in [2.24, 2.45) is 5.92 Å². The Labute approximate surface area is 95.7 Å². The molecule has 0 radical (unpaired) electrons. The molecule has 0 unspecified atom stereocenters. The normalized spacial score (nSPS) is 20.4. The molecule has 1 saturated heterocycles. The molecule has 86 valence electrons. The van der Waals surface area contributed by atoms with Gasteiger partial charge in [-0.25, -0.2) is 9.97 Å². The highest BCUT2D eigenvalue weighted by Crippen LogP contribution is 2.31. The van der Waals surface area contributed by atoms with Crippen LogP contribution in [0.25, 0.3) is 0 Å². The van der Waals surface area contributed by atoms with Gasteiger partial charge in [-0.1, -0.05) is 13.8 Å². The van der Waals surface area contributed by atoms with Gasteiger partial charge in [0.25, 0.3) is 0 Å². The number of likely N-dealkylation sites (tertiary alicyclic amines) is 1. The van der Waals surface area contributed by atoms with Crippen LogP contribution in [-0.2, 0) is 4.79 Å². The number of aromatic nitrogens is 2. The summed E-state index contributed by atoms with van der Waals surface area (Å²) >= 11 is 0. The first-order valence-corrected chi connectivity index (χ1v) is 5.76. The highest BCUT2D eigenvalue weighted by atomic mass is 16.2. The standard InChI is InChI=1S/C12H17N3O/c1-9(2)12(16)15-7-3-4-11(15)10-5-6-13-8-14-10/h5-6,8-9,11H,3-4,7H2,1-2H3/t11-/m1/s1. The summed E-state index contributed by atoms with van der Waals surface area (Å²) in [5, 5.41) is 0. The van der Waals surface area contributed by atoms with Crippen molar-refractivity contribution in [1.82, 2.24) is 14.9 Å². The van der Waals surface area contributed by atoms with E-state index < -0.39 is 0 Å². The average molecular weight is 219 g/mol. The first kappa shape index (κ1) is 11.0. The Hall–Kier alpha value is -1.45. The molecule has 0 bridgehead atoms. The maximum Gasteiger partial charge on any atom is 0.225 e. The Bertz CT molecular complexity index is 364. The zero-order valence-electron chi connectivity index (χ0n) is 9.76. The SMILES string of the molecule is CC(C)C(=O)N1CCC[C@@H]1c1ccncn1. The summed E-state index contributed by atoms with van der Waals surface area (Å²) in [4.78, 5) is 22.1. The second-order valence-electron chi connectivity index (χ2n) is 4.48. The summed E-state index contributed by atoms with van der Waals surface area (Å²) in [6.07, 6.45) is 5.35. The van der Waals surface area contributed by atoms with Gasteiger partial charge >= 0.3 is 0 Å². The van der Waals surface area contributed by atoms with Crippen LogP contribution in [0.4, 0.5) is 0 Å². The second-order valence-corrected chi connectivity index (χ2v) is 4.48. The van der Waals surface area contributed by atoms with Gasteiger partial charge in [0.05, 0.1) is 11.7 Å². The van der Waals surface area contributed by atoms with E-state index in [1.165, 1.54) is 0 Å². The van der Waals surface area contributed by atoms with Crippen molar-refractivity contribution in [2.45, 2.75) is 32.7 Å². The van der Waals surface area contributed by atoms with E-state index in [2.05, 4.69) is 9.97 Å². The fourth-order valence-corrected chi connectivity index (χ4v) is 2.17. The van der Waals surface area contributed by atoms with E-state index in [0.717, 1.165) is 25.1 Å². The molecule has 1 aliphatic heterocycles. The van der Waals surface area contributed by atoms with E-state index >= 15 is 0 Å². The third-order valence-electron chi connectivity index (χ3n) is 2.98. The predicted molar refractivity (Wildman–Crippen MR) is 60.6 cm³/mol. The third-order valence-corrected chi connectivity index (χ3v) is 2.98. The molecule has 4 nitrogen and oxygen atoms in total. The van der Waals surface area contributed by atoms with Crippen LogP contribution in [0, 0.1) is 5.92 Å². The van der Waals surface area contributed by atoms with Crippen LogP contribution in [0.15, 0.2) is 18.6 Å². The van der Waals surface area contributed by atoms with Gasteiger partial charge in [-0.15, -0.1) is 0 Å². The van der Waals surface area contributed by atoms with E-state index in [1.54, 1.807) is 12.5 Å². The largest absolute Gasteiger partial charge is 0.334 e. The molecule has 0 saturated carbocycles. The number of amides is 1. The number of hydrogen-bond donors (Lipinski definition) is 0. The van der Waals surface area contributed by atoms with Crippen LogP contribution in [0.5, 0.6) is 0 Å². The summed E-state index contributed by atoms with van der Waals surface area (Å²) in [5.41, 5.74) is 0.960. The predicted octanol–water partition coefficient (Wildman–Crippen LogP) is 1.80. The zero-order valence-corrected chi connectivity index (χ0v) is 9.76. The van der Waals surface area contributed by atoms with E-state index in [-0.39, 0.29) is 17.9 Å². The van der Waals surface area contributed by atoms with E-state index in [4.69, 9.17) is 0 Å². The number of carbonyl (C=O) groups is 1. The van der Waals surface area contributed by atoms with Crippen molar-refractivity contribution in [2.75, 3.05) is 6.54 Å². The van der Waals surface area contributed by atoms with Crippen molar-refractivity contribution in [3.63, 3.8) is 0 Å². The zero-order chi connectivity index (χ0) is 11.5. The molecule has 2 rings (SSSR count). The molecule has 0 spiro atoms. The van der Waals surface area contributed by atoms with Crippen molar-refractivity contribution < 1.29 is 4.79 Å². The minimum atomic E-state index is 0.0578. The van der Waals surface area contributed by atoms with E-state index in [9.17, 15) is 4.79 Å². The Morgan fingerprint density at radius 1 is 1.56 bits per heavy atom. The van der Waals surface area contributed by atoms with Gasteiger partial charge < -0.3 is 4.90 Å². The van der Waals surface area contributed by atoms with Gasteiger partial charge in [0.1, 0.15) is 6.33 Å². The highest BCUT2D eigenvalue weighted by molar-refractivity contribution is 5.78. The van der Waals surface area contributed by atoms with Gasteiger partial charge in [0, 0.05) is 18.7 Å². The quantitative estimate of drug-likeness (QED) is 0.762. The maximum absolute atomic E-state index is 12.0. The summed E-state index contributed by atoms with van der Waals surface area (Å²) in [6.45, 7) is 4.74. The van der Waals surface area contributed by atoms with Crippen LogP contribution in [0.3, 0.4) is 0 Å². The molecule has 2 heterocycles. The van der Waals surface area contributed by atoms with Crippen molar-refractivity contribution >= 4 is 5.91 Å². The lowest BCUT2D eigenvalue weighted by Crippen LogP contribution is -2.34. The molecule has 1 aliphatic rings. The van der Waals surface area contributed by atoms with Gasteiger partial charge in [-0.3, -0.25) is 4.79 Å². The van der Waals surface area contributed by atoms with Crippen LogP contribution >= 0.6 is 0 Å². The topological polar surface area (TPSA) is 46.1 Å². The Morgan fingerprint density at radius 2 is 2.38 bits per heavy atom. The van der Waals surface area contributed by atoms with Gasteiger partial charge in [-0.2, -0.15) is 0 Å². The lowest BCUT2D eigenvalue weighted by molar-refractivity contribution is -0.135. The smallest absolute Gasteiger partial charge is 0.225 e. The minimum absolute atomic E-state index is 0.0578. The van der Waals surface area contributed by atoms with Gasteiger partial charge in [-0.05, 0) is 18.9 Å². The fraction of sp³-hybridized carbons (Fsp3) is 0.583. The molecule has 16 heavy (non-hydrogen) atoms. The van der Waals surface area contributed by atoms with Gasteiger partial charge in [0.15, 0.2) is 0 Å². The Kier molecular flexibility index (Phi) is 3.17. The van der Waals surface area contributed by atoms with Crippen LogP contribution in [0.2, 0.25) is 0 Å². The first-order chi connectivity index (χ1) is 7.70. The Morgan fingerprint density at radius 3 is 3.00 bits per heavy atom. The van der Waals surface area contributed by atoms with Crippen LogP contribution < -0.4 is 0 Å². The van der Waals surface area contributed by atoms with Crippen LogP contribution in [0.1, 0.15) is 38.4 Å². The van der Waals surface area contributed by atoms with Crippen molar-refractivity contribution in [3.8, 4) is 0 Å². The lowest BCUT2D eigenvalue weighted by Gasteiger charge is -2.25. The molecule has 1 atom stereocenters. The number of nitrogens with zero attached hydrogens (tertiary/aromatic N) is 3. The maximum atomic E-state index is 12.0. The lowest BCUT2D eigenvalue weighted by atomic mass is 10.1. The molecule has 0 aliphatic carbocycles. The third kappa shape index (κ3) is 2.05. The molecule has 1 amide bonds. The molecule has 0 N–H and O–H groups in total. The number of carbonyl (C=O) groups excluding carboxylic acids is 1. The molecule has 4 heteroatoms.